The Labute approximate surface area is 157 Å². The summed E-state index contributed by atoms with van der Waals surface area (Å²) in [7, 11) is 0. The molecule has 3 heterocycles. The number of fused-ring (bicyclic) bond motifs is 1. The number of hydrogen-bond acceptors (Lipinski definition) is 5. The molecule has 1 amide bonds. The zero-order valence-corrected chi connectivity index (χ0v) is 16.4. The minimum atomic E-state index is -0.115. The van der Waals surface area contributed by atoms with Gasteiger partial charge in [-0.25, -0.2) is 9.67 Å². The Morgan fingerprint density at radius 3 is 2.73 bits per heavy atom. The Balaban J connectivity index is 2.09. The van der Waals surface area contributed by atoms with E-state index in [1.165, 1.54) is 4.88 Å². The van der Waals surface area contributed by atoms with Gasteiger partial charge in [0.2, 0.25) is 0 Å². The van der Waals surface area contributed by atoms with Gasteiger partial charge in [0.05, 0.1) is 27.7 Å². The number of nitrogens with two attached hydrogens (primary N) is 1. The maximum Gasteiger partial charge on any atom is 0.252 e. The molecule has 3 N–H and O–H groups in total. The minimum Gasteiger partial charge on any atom is -0.352 e. The van der Waals surface area contributed by atoms with Crippen molar-refractivity contribution in [2.24, 2.45) is 11.7 Å². The van der Waals surface area contributed by atoms with Crippen molar-refractivity contribution in [1.29, 1.82) is 0 Å². The van der Waals surface area contributed by atoms with Gasteiger partial charge in [-0.2, -0.15) is 5.10 Å². The van der Waals surface area contributed by atoms with Gasteiger partial charge in [0, 0.05) is 17.5 Å². The maximum atomic E-state index is 12.8. The monoisotopic (exact) mass is 371 g/mol. The highest BCUT2D eigenvalue weighted by Crippen LogP contribution is 2.30. The number of hydrogen-bond donors (Lipinski definition) is 2. The van der Waals surface area contributed by atoms with Crippen LogP contribution in [0, 0.1) is 12.8 Å². The van der Waals surface area contributed by atoms with Crippen molar-refractivity contribution in [1.82, 2.24) is 20.1 Å². The number of carbonyl (C=O) groups excluding carboxylic acids is 1. The van der Waals surface area contributed by atoms with Crippen LogP contribution in [0.3, 0.4) is 0 Å². The van der Waals surface area contributed by atoms with Crippen LogP contribution in [0.25, 0.3) is 21.6 Å². The third-order valence-electron chi connectivity index (χ3n) is 4.31. The van der Waals surface area contributed by atoms with E-state index in [9.17, 15) is 4.79 Å². The largest absolute Gasteiger partial charge is 0.352 e. The number of nitrogens with one attached hydrogen (secondary N) is 1. The Morgan fingerprint density at radius 2 is 2.12 bits per heavy atom. The van der Waals surface area contributed by atoms with E-state index in [0.717, 1.165) is 21.6 Å². The lowest BCUT2D eigenvalue weighted by atomic mass is 10.1. The number of aryl methyl sites for hydroxylation is 1. The fourth-order valence-electron chi connectivity index (χ4n) is 2.73. The average molecular weight is 372 g/mol. The molecule has 7 heteroatoms. The average Bonchev–Trinajstić information content (AvgIpc) is 3.24. The quantitative estimate of drug-likeness (QED) is 0.695. The lowest BCUT2D eigenvalue weighted by molar-refractivity contribution is 0.0950. The summed E-state index contributed by atoms with van der Waals surface area (Å²) < 4.78 is 1.86. The zero-order valence-electron chi connectivity index (χ0n) is 15.6. The number of pyridine rings is 1. The molecule has 1 unspecified atom stereocenters. The molecule has 0 aromatic carbocycles. The van der Waals surface area contributed by atoms with Crippen molar-refractivity contribution in [3.05, 3.63) is 34.8 Å². The topological polar surface area (TPSA) is 85.8 Å². The molecule has 3 aromatic heterocycles. The first kappa shape index (κ1) is 18.5. The van der Waals surface area contributed by atoms with Crippen LogP contribution in [0.1, 0.15) is 42.0 Å². The Kier molecular flexibility index (Phi) is 5.38. The molecule has 0 bridgehead atoms. The molecule has 1 atom stereocenters. The van der Waals surface area contributed by atoms with Crippen LogP contribution in [0.15, 0.2) is 24.4 Å². The molecule has 6 nitrogen and oxygen atoms in total. The summed E-state index contributed by atoms with van der Waals surface area (Å²) >= 11 is 1.67. The highest BCUT2D eigenvalue weighted by atomic mass is 32.1. The van der Waals surface area contributed by atoms with Crippen LogP contribution < -0.4 is 11.1 Å². The van der Waals surface area contributed by atoms with Crippen LogP contribution in [-0.4, -0.2) is 33.8 Å². The molecule has 0 saturated heterocycles. The van der Waals surface area contributed by atoms with Gasteiger partial charge < -0.3 is 11.1 Å². The lowest BCUT2D eigenvalue weighted by Gasteiger charge is -2.12. The SMILES string of the molecule is Cc1ccc(-c2cc(C(=O)NCC(C)CN)c3cnn(C(C)C)c3n2)s1. The van der Waals surface area contributed by atoms with Crippen LogP contribution in [0.2, 0.25) is 0 Å². The molecule has 0 aliphatic carbocycles. The highest BCUT2D eigenvalue weighted by molar-refractivity contribution is 7.15. The molecule has 3 aromatic rings. The molecule has 0 aliphatic rings. The van der Waals surface area contributed by atoms with Gasteiger partial charge in [0.15, 0.2) is 5.65 Å². The van der Waals surface area contributed by atoms with Gasteiger partial charge in [0.1, 0.15) is 0 Å². The summed E-state index contributed by atoms with van der Waals surface area (Å²) in [6.45, 7) is 9.27. The van der Waals surface area contributed by atoms with Crippen LogP contribution in [0.4, 0.5) is 0 Å². The first-order valence-electron chi connectivity index (χ1n) is 8.84. The molecular weight excluding hydrogens is 346 g/mol. The van der Waals surface area contributed by atoms with E-state index >= 15 is 0 Å². The molecular formula is C19H25N5OS. The molecule has 0 aliphatic heterocycles. The van der Waals surface area contributed by atoms with E-state index in [-0.39, 0.29) is 17.9 Å². The van der Waals surface area contributed by atoms with E-state index in [1.807, 2.05) is 23.7 Å². The van der Waals surface area contributed by atoms with Crippen molar-refractivity contribution < 1.29 is 4.79 Å². The first-order chi connectivity index (χ1) is 12.4. The minimum absolute atomic E-state index is 0.115. The van der Waals surface area contributed by atoms with Gasteiger partial charge >= 0.3 is 0 Å². The van der Waals surface area contributed by atoms with Gasteiger partial charge in [-0.05, 0) is 51.4 Å². The Hall–Kier alpha value is -2.25. The summed E-state index contributed by atoms with van der Waals surface area (Å²) in [6.07, 6.45) is 1.73. The third-order valence-corrected chi connectivity index (χ3v) is 5.33. The molecule has 0 spiro atoms. The lowest BCUT2D eigenvalue weighted by Crippen LogP contribution is -2.31. The normalized spacial score (nSPS) is 12.7. The number of amides is 1. The second-order valence-electron chi connectivity index (χ2n) is 6.94. The van der Waals surface area contributed by atoms with Crippen LogP contribution >= 0.6 is 11.3 Å². The number of aromatic nitrogens is 3. The van der Waals surface area contributed by atoms with E-state index in [1.54, 1.807) is 17.5 Å². The standard InChI is InChI=1S/C19H25N5OS/c1-11(2)24-18-15(10-22-24)14(19(25)21-9-12(3)8-20)7-16(23-18)17-6-5-13(4)26-17/h5-7,10-12H,8-9,20H2,1-4H3,(H,21,25). The molecule has 0 radical (unpaired) electrons. The highest BCUT2D eigenvalue weighted by Gasteiger charge is 2.19. The smallest absolute Gasteiger partial charge is 0.252 e. The van der Waals surface area contributed by atoms with Crippen molar-refractivity contribution in [3.63, 3.8) is 0 Å². The van der Waals surface area contributed by atoms with E-state index in [4.69, 9.17) is 10.7 Å². The fraction of sp³-hybridized carbons (Fsp3) is 0.421. The summed E-state index contributed by atoms with van der Waals surface area (Å²) in [4.78, 5) is 19.9. The third kappa shape index (κ3) is 3.64. The second-order valence-corrected chi connectivity index (χ2v) is 8.22. The van der Waals surface area contributed by atoms with Gasteiger partial charge in [0.25, 0.3) is 5.91 Å². The second kappa shape index (κ2) is 7.55. The van der Waals surface area contributed by atoms with Gasteiger partial charge in [-0.3, -0.25) is 4.79 Å². The van der Waals surface area contributed by atoms with Crippen LogP contribution in [0.5, 0.6) is 0 Å². The van der Waals surface area contributed by atoms with Gasteiger partial charge in [-0.1, -0.05) is 6.92 Å². The molecule has 0 fully saturated rings. The summed E-state index contributed by atoms with van der Waals surface area (Å²) in [6, 6.07) is 6.13. The number of nitrogens with zero attached hydrogens (tertiary/aromatic N) is 3. The number of thiophene rings is 1. The summed E-state index contributed by atoms with van der Waals surface area (Å²) in [5.74, 6) is 0.115. The van der Waals surface area contributed by atoms with Crippen molar-refractivity contribution >= 4 is 28.3 Å². The predicted octanol–water partition coefficient (Wildman–Crippen LogP) is 3.37. The summed E-state index contributed by atoms with van der Waals surface area (Å²) in [5, 5.41) is 8.20. The first-order valence-corrected chi connectivity index (χ1v) is 9.65. The molecule has 138 valence electrons. The predicted molar refractivity (Wildman–Crippen MR) is 107 cm³/mol. The van der Waals surface area contributed by atoms with Crippen molar-refractivity contribution in [2.45, 2.75) is 33.7 Å². The van der Waals surface area contributed by atoms with Crippen molar-refractivity contribution in [3.8, 4) is 10.6 Å². The molecule has 0 saturated carbocycles. The maximum absolute atomic E-state index is 12.8. The van der Waals surface area contributed by atoms with E-state index < -0.39 is 0 Å². The Morgan fingerprint density at radius 1 is 1.35 bits per heavy atom. The van der Waals surface area contributed by atoms with Crippen molar-refractivity contribution in [2.75, 3.05) is 13.1 Å². The fourth-order valence-corrected chi connectivity index (χ4v) is 3.56. The molecule has 3 rings (SSSR count). The molecule has 26 heavy (non-hydrogen) atoms. The van der Waals surface area contributed by atoms with Gasteiger partial charge in [-0.15, -0.1) is 11.3 Å². The van der Waals surface area contributed by atoms with E-state index in [2.05, 4.69) is 37.3 Å². The Bertz CT molecular complexity index is 927. The van der Waals surface area contributed by atoms with Crippen LogP contribution in [-0.2, 0) is 0 Å². The zero-order chi connectivity index (χ0) is 18.8. The number of carbonyl (C=O) groups is 1. The van der Waals surface area contributed by atoms with E-state index in [0.29, 0.717) is 18.7 Å². The summed E-state index contributed by atoms with van der Waals surface area (Å²) in [5.41, 5.74) is 7.79. The number of rotatable bonds is 6.